The van der Waals surface area contributed by atoms with Gasteiger partial charge in [0.2, 0.25) is 0 Å². The van der Waals surface area contributed by atoms with Crippen molar-refractivity contribution in [3.05, 3.63) is 0 Å². The summed E-state index contributed by atoms with van der Waals surface area (Å²) in [4.78, 5) is 2.65. The summed E-state index contributed by atoms with van der Waals surface area (Å²) in [6.45, 7) is 9.49. The molecule has 0 aliphatic heterocycles. The van der Waals surface area contributed by atoms with E-state index in [0.717, 1.165) is 6.04 Å². The van der Waals surface area contributed by atoms with Crippen LogP contribution in [0.3, 0.4) is 0 Å². The molecule has 1 aliphatic rings. The predicted octanol–water partition coefficient (Wildman–Crippen LogP) is 2.64. The lowest BCUT2D eigenvalue weighted by Crippen LogP contribution is -2.26. The summed E-state index contributed by atoms with van der Waals surface area (Å²) < 4.78 is 0. The molecule has 2 heteroatoms. The molecule has 15 heavy (non-hydrogen) atoms. The molecule has 1 saturated carbocycles. The van der Waals surface area contributed by atoms with Crippen molar-refractivity contribution in [1.29, 1.82) is 0 Å². The molecule has 2 nitrogen and oxygen atoms in total. The van der Waals surface area contributed by atoms with Crippen LogP contribution in [-0.2, 0) is 0 Å². The molecule has 0 aromatic heterocycles. The molecule has 0 unspecified atom stereocenters. The molecule has 0 aromatic carbocycles. The second-order valence-corrected chi connectivity index (χ2v) is 4.67. The summed E-state index contributed by atoms with van der Waals surface area (Å²) in [5.41, 5.74) is 0. The molecule has 0 amide bonds. The lowest BCUT2D eigenvalue weighted by molar-refractivity contribution is 0.271. The maximum Gasteiger partial charge on any atom is 0.00963 e. The van der Waals surface area contributed by atoms with Gasteiger partial charge >= 0.3 is 0 Å². The van der Waals surface area contributed by atoms with Crippen LogP contribution in [0, 0.1) is 0 Å². The number of nitrogens with one attached hydrogen (secondary N) is 1. The fraction of sp³-hybridized carbons (Fsp3) is 1.00. The van der Waals surface area contributed by atoms with Crippen LogP contribution < -0.4 is 5.32 Å². The molecule has 0 aromatic rings. The van der Waals surface area contributed by atoms with Crippen molar-refractivity contribution in [1.82, 2.24) is 10.2 Å². The standard InChI is InChI=1S/C13H28N2/c1-3-10-14-11-6-5-7-12-15(4-2)13-8-9-13/h13-14H,3-12H2,1-2H3. The number of hydrogen-bond donors (Lipinski definition) is 1. The van der Waals surface area contributed by atoms with E-state index in [1.165, 1.54) is 64.7 Å². The van der Waals surface area contributed by atoms with Gasteiger partial charge in [0, 0.05) is 6.04 Å². The summed E-state index contributed by atoms with van der Waals surface area (Å²) in [6, 6.07) is 0.952. The first kappa shape index (κ1) is 13.0. The van der Waals surface area contributed by atoms with Crippen molar-refractivity contribution in [3.8, 4) is 0 Å². The molecule has 1 fully saturated rings. The van der Waals surface area contributed by atoms with Crippen LogP contribution in [0.25, 0.3) is 0 Å². The van der Waals surface area contributed by atoms with Crippen molar-refractivity contribution in [2.45, 2.75) is 58.4 Å². The first-order valence-electron chi connectivity index (χ1n) is 6.83. The zero-order valence-electron chi connectivity index (χ0n) is 10.6. The predicted molar refractivity (Wildman–Crippen MR) is 67.3 cm³/mol. The van der Waals surface area contributed by atoms with Crippen LogP contribution in [0.4, 0.5) is 0 Å². The molecule has 90 valence electrons. The van der Waals surface area contributed by atoms with Gasteiger partial charge in [0.1, 0.15) is 0 Å². The van der Waals surface area contributed by atoms with Gasteiger partial charge in [-0.05, 0) is 58.3 Å². The molecule has 0 heterocycles. The van der Waals surface area contributed by atoms with Crippen molar-refractivity contribution < 1.29 is 0 Å². The minimum Gasteiger partial charge on any atom is -0.317 e. The highest BCUT2D eigenvalue weighted by Crippen LogP contribution is 2.26. The average Bonchev–Trinajstić information content (AvgIpc) is 3.06. The number of unbranched alkanes of at least 4 members (excludes halogenated alkanes) is 2. The first-order valence-corrected chi connectivity index (χ1v) is 6.83. The van der Waals surface area contributed by atoms with Crippen molar-refractivity contribution in [2.24, 2.45) is 0 Å². The van der Waals surface area contributed by atoms with Crippen LogP contribution in [0.2, 0.25) is 0 Å². The normalized spacial score (nSPS) is 16.2. The molecule has 0 bridgehead atoms. The van der Waals surface area contributed by atoms with Crippen LogP contribution in [0.1, 0.15) is 52.4 Å². The second-order valence-electron chi connectivity index (χ2n) is 4.67. The maximum atomic E-state index is 3.46. The molecular weight excluding hydrogens is 184 g/mol. The summed E-state index contributed by atoms with van der Waals surface area (Å²) in [5, 5.41) is 3.46. The van der Waals surface area contributed by atoms with Gasteiger partial charge in [-0.3, -0.25) is 0 Å². The van der Waals surface area contributed by atoms with Crippen LogP contribution in [0.5, 0.6) is 0 Å². The number of rotatable bonds is 10. The van der Waals surface area contributed by atoms with Gasteiger partial charge in [-0.2, -0.15) is 0 Å². The number of nitrogens with zero attached hydrogens (tertiary/aromatic N) is 1. The van der Waals surface area contributed by atoms with Crippen molar-refractivity contribution in [2.75, 3.05) is 26.2 Å². The Morgan fingerprint density at radius 1 is 1.07 bits per heavy atom. The van der Waals surface area contributed by atoms with Gasteiger partial charge in [0.05, 0.1) is 0 Å². The summed E-state index contributed by atoms with van der Waals surface area (Å²) in [5.74, 6) is 0. The fourth-order valence-electron chi connectivity index (χ4n) is 2.08. The first-order chi connectivity index (χ1) is 7.38. The second kappa shape index (κ2) is 8.12. The molecule has 1 N–H and O–H groups in total. The highest BCUT2D eigenvalue weighted by molar-refractivity contribution is 4.83. The third-order valence-electron chi connectivity index (χ3n) is 3.20. The van der Waals surface area contributed by atoms with E-state index in [0.29, 0.717) is 0 Å². The highest BCUT2D eigenvalue weighted by Gasteiger charge is 2.26. The number of hydrogen-bond acceptors (Lipinski definition) is 2. The van der Waals surface area contributed by atoms with Gasteiger partial charge in [0.25, 0.3) is 0 Å². The Bertz CT molecular complexity index is 143. The Morgan fingerprint density at radius 3 is 2.47 bits per heavy atom. The third kappa shape index (κ3) is 6.16. The molecule has 0 radical (unpaired) electrons. The average molecular weight is 212 g/mol. The quantitative estimate of drug-likeness (QED) is 0.560. The van der Waals surface area contributed by atoms with E-state index in [1.807, 2.05) is 0 Å². The maximum absolute atomic E-state index is 3.46. The van der Waals surface area contributed by atoms with Gasteiger partial charge in [-0.1, -0.05) is 20.3 Å². The topological polar surface area (TPSA) is 15.3 Å². The highest BCUT2D eigenvalue weighted by atomic mass is 15.2. The molecule has 1 aliphatic carbocycles. The zero-order valence-corrected chi connectivity index (χ0v) is 10.6. The van der Waals surface area contributed by atoms with E-state index < -0.39 is 0 Å². The van der Waals surface area contributed by atoms with E-state index >= 15 is 0 Å². The Balaban J connectivity index is 1.83. The van der Waals surface area contributed by atoms with Crippen LogP contribution in [0.15, 0.2) is 0 Å². The summed E-state index contributed by atoms with van der Waals surface area (Å²) >= 11 is 0. The largest absolute Gasteiger partial charge is 0.317 e. The molecule has 0 atom stereocenters. The summed E-state index contributed by atoms with van der Waals surface area (Å²) in [7, 11) is 0. The monoisotopic (exact) mass is 212 g/mol. The van der Waals surface area contributed by atoms with Gasteiger partial charge in [-0.25, -0.2) is 0 Å². The van der Waals surface area contributed by atoms with Crippen LogP contribution >= 0.6 is 0 Å². The molecule has 1 rings (SSSR count). The van der Waals surface area contributed by atoms with Crippen molar-refractivity contribution in [3.63, 3.8) is 0 Å². The lowest BCUT2D eigenvalue weighted by atomic mass is 10.2. The minimum absolute atomic E-state index is 0.952. The van der Waals surface area contributed by atoms with E-state index in [1.54, 1.807) is 0 Å². The van der Waals surface area contributed by atoms with Gasteiger partial charge in [-0.15, -0.1) is 0 Å². The van der Waals surface area contributed by atoms with E-state index in [9.17, 15) is 0 Å². The van der Waals surface area contributed by atoms with E-state index in [-0.39, 0.29) is 0 Å². The van der Waals surface area contributed by atoms with E-state index in [4.69, 9.17) is 0 Å². The Hall–Kier alpha value is -0.0800. The molecule has 0 spiro atoms. The summed E-state index contributed by atoms with van der Waals surface area (Å²) in [6.07, 6.45) is 8.28. The molecule has 0 saturated heterocycles. The Morgan fingerprint density at radius 2 is 1.87 bits per heavy atom. The van der Waals surface area contributed by atoms with Gasteiger partial charge in [0.15, 0.2) is 0 Å². The lowest BCUT2D eigenvalue weighted by Gasteiger charge is -2.19. The van der Waals surface area contributed by atoms with Crippen molar-refractivity contribution >= 4 is 0 Å². The Labute approximate surface area is 95.4 Å². The SMILES string of the molecule is CCCNCCCCCN(CC)C1CC1. The fourth-order valence-corrected chi connectivity index (χ4v) is 2.08. The molecular formula is C13H28N2. The smallest absolute Gasteiger partial charge is 0.00963 e. The van der Waals surface area contributed by atoms with Crippen LogP contribution in [-0.4, -0.2) is 37.1 Å². The minimum atomic E-state index is 0.952. The van der Waals surface area contributed by atoms with E-state index in [2.05, 4.69) is 24.1 Å². The van der Waals surface area contributed by atoms with Gasteiger partial charge < -0.3 is 10.2 Å². The zero-order chi connectivity index (χ0) is 10.9. The third-order valence-corrected chi connectivity index (χ3v) is 3.20. The Kier molecular flexibility index (Phi) is 7.03.